The van der Waals surface area contributed by atoms with Gasteiger partial charge in [-0.15, -0.1) is 0 Å². The lowest BCUT2D eigenvalue weighted by Gasteiger charge is -2.04. The third kappa shape index (κ3) is 1.81. The van der Waals surface area contributed by atoms with Gasteiger partial charge in [0.1, 0.15) is 22.3 Å². The second-order valence-electron chi connectivity index (χ2n) is 6.59. The van der Waals surface area contributed by atoms with Crippen LogP contribution in [0.1, 0.15) is 0 Å². The Labute approximate surface area is 149 Å². The average molecular weight is 334 g/mol. The average Bonchev–Trinajstić information content (AvgIpc) is 3.25. The van der Waals surface area contributed by atoms with Crippen molar-refractivity contribution in [2.75, 3.05) is 0 Å². The summed E-state index contributed by atoms with van der Waals surface area (Å²) in [6.45, 7) is 0. The van der Waals surface area contributed by atoms with Crippen molar-refractivity contribution in [1.82, 2.24) is 0 Å². The molecule has 0 amide bonds. The van der Waals surface area contributed by atoms with Gasteiger partial charge in [-0.2, -0.15) is 0 Å². The summed E-state index contributed by atoms with van der Waals surface area (Å²) in [7, 11) is 0. The molecule has 6 rings (SSSR count). The standard InChI is InChI=1S/C24H14O2/c1-3-9-20-17(6-1)19-14-15(12-13-22(19)25-20)16-8-5-11-23-24(16)18-7-2-4-10-21(18)26-23/h1-14H. The van der Waals surface area contributed by atoms with Crippen LogP contribution >= 0.6 is 0 Å². The smallest absolute Gasteiger partial charge is 0.136 e. The van der Waals surface area contributed by atoms with Gasteiger partial charge in [0.2, 0.25) is 0 Å². The third-order valence-electron chi connectivity index (χ3n) is 5.09. The van der Waals surface area contributed by atoms with E-state index in [2.05, 4.69) is 48.5 Å². The van der Waals surface area contributed by atoms with Crippen LogP contribution in [0, 0.1) is 0 Å². The van der Waals surface area contributed by atoms with Crippen molar-refractivity contribution in [1.29, 1.82) is 0 Å². The molecular weight excluding hydrogens is 320 g/mol. The Hall–Kier alpha value is -3.52. The maximum absolute atomic E-state index is 6.04. The van der Waals surface area contributed by atoms with Crippen molar-refractivity contribution in [2.45, 2.75) is 0 Å². The monoisotopic (exact) mass is 334 g/mol. The number of benzene rings is 4. The lowest BCUT2D eigenvalue weighted by atomic mass is 9.98. The number of fused-ring (bicyclic) bond motifs is 6. The first-order valence-corrected chi connectivity index (χ1v) is 8.70. The van der Waals surface area contributed by atoms with Gasteiger partial charge >= 0.3 is 0 Å². The zero-order valence-corrected chi connectivity index (χ0v) is 13.9. The molecule has 2 heteroatoms. The molecule has 0 saturated carbocycles. The molecule has 0 atom stereocenters. The summed E-state index contributed by atoms with van der Waals surface area (Å²) in [6.07, 6.45) is 0. The summed E-state index contributed by atoms with van der Waals surface area (Å²) < 4.78 is 12.0. The van der Waals surface area contributed by atoms with Crippen LogP contribution in [0.5, 0.6) is 0 Å². The molecule has 0 bridgehead atoms. The molecule has 0 aliphatic heterocycles. The lowest BCUT2D eigenvalue weighted by Crippen LogP contribution is -1.79. The van der Waals surface area contributed by atoms with Crippen molar-refractivity contribution in [2.24, 2.45) is 0 Å². The van der Waals surface area contributed by atoms with Gasteiger partial charge in [0, 0.05) is 21.5 Å². The van der Waals surface area contributed by atoms with Crippen LogP contribution in [0.2, 0.25) is 0 Å². The fourth-order valence-electron chi connectivity index (χ4n) is 3.91. The number of hydrogen-bond donors (Lipinski definition) is 0. The van der Waals surface area contributed by atoms with Crippen molar-refractivity contribution < 1.29 is 8.83 Å². The van der Waals surface area contributed by atoms with Crippen LogP contribution in [-0.4, -0.2) is 0 Å². The van der Waals surface area contributed by atoms with Gasteiger partial charge in [-0.3, -0.25) is 0 Å². The van der Waals surface area contributed by atoms with Crippen LogP contribution in [0.3, 0.4) is 0 Å². The predicted molar refractivity (Wildman–Crippen MR) is 106 cm³/mol. The highest BCUT2D eigenvalue weighted by Crippen LogP contribution is 2.38. The number of para-hydroxylation sites is 2. The van der Waals surface area contributed by atoms with E-state index in [9.17, 15) is 0 Å². The van der Waals surface area contributed by atoms with E-state index >= 15 is 0 Å². The molecule has 122 valence electrons. The largest absolute Gasteiger partial charge is 0.456 e. The van der Waals surface area contributed by atoms with Gasteiger partial charge < -0.3 is 8.83 Å². The maximum atomic E-state index is 6.04. The summed E-state index contributed by atoms with van der Waals surface area (Å²) in [6, 6.07) is 29.0. The Balaban J connectivity index is 1.71. The van der Waals surface area contributed by atoms with Gasteiger partial charge in [-0.05, 0) is 41.5 Å². The molecule has 0 spiro atoms. The zero-order valence-electron chi connectivity index (χ0n) is 13.9. The summed E-state index contributed by atoms with van der Waals surface area (Å²) >= 11 is 0. The Morgan fingerprint density at radius 1 is 0.462 bits per heavy atom. The van der Waals surface area contributed by atoms with Gasteiger partial charge in [-0.1, -0.05) is 54.6 Å². The SMILES string of the molecule is c1ccc2c(c1)oc1ccc(-c3cccc4oc5ccccc5c34)cc12. The summed E-state index contributed by atoms with van der Waals surface area (Å²) in [4.78, 5) is 0. The maximum Gasteiger partial charge on any atom is 0.136 e. The highest BCUT2D eigenvalue weighted by atomic mass is 16.3. The highest BCUT2D eigenvalue weighted by molar-refractivity contribution is 6.14. The molecule has 0 saturated heterocycles. The minimum absolute atomic E-state index is 0.916. The van der Waals surface area contributed by atoms with Crippen LogP contribution in [0.25, 0.3) is 55.0 Å². The molecule has 26 heavy (non-hydrogen) atoms. The number of rotatable bonds is 1. The van der Waals surface area contributed by atoms with E-state index in [4.69, 9.17) is 8.83 Å². The normalized spacial score (nSPS) is 11.8. The molecule has 0 radical (unpaired) electrons. The molecule has 6 aromatic rings. The molecule has 0 aliphatic rings. The minimum atomic E-state index is 0.916. The van der Waals surface area contributed by atoms with E-state index in [0.29, 0.717) is 0 Å². The molecule has 0 aliphatic carbocycles. The molecule has 0 N–H and O–H groups in total. The third-order valence-corrected chi connectivity index (χ3v) is 5.09. The number of furan rings is 2. The Kier molecular flexibility index (Phi) is 2.64. The first-order chi connectivity index (χ1) is 12.9. The highest BCUT2D eigenvalue weighted by Gasteiger charge is 2.13. The van der Waals surface area contributed by atoms with E-state index < -0.39 is 0 Å². The summed E-state index contributed by atoms with van der Waals surface area (Å²) in [5.41, 5.74) is 6.03. The minimum Gasteiger partial charge on any atom is -0.456 e. The molecule has 2 nitrogen and oxygen atoms in total. The summed E-state index contributed by atoms with van der Waals surface area (Å²) in [5, 5.41) is 4.60. The predicted octanol–water partition coefficient (Wildman–Crippen LogP) is 7.15. The number of hydrogen-bond acceptors (Lipinski definition) is 2. The first kappa shape index (κ1) is 13.7. The Morgan fingerprint density at radius 3 is 2.00 bits per heavy atom. The van der Waals surface area contributed by atoms with Crippen molar-refractivity contribution >= 4 is 43.9 Å². The fourth-order valence-corrected chi connectivity index (χ4v) is 3.91. The van der Waals surface area contributed by atoms with Crippen LogP contribution in [0.15, 0.2) is 93.8 Å². The second-order valence-corrected chi connectivity index (χ2v) is 6.59. The molecule has 0 unspecified atom stereocenters. The zero-order chi connectivity index (χ0) is 17.1. The van der Waals surface area contributed by atoms with E-state index in [1.165, 1.54) is 11.1 Å². The van der Waals surface area contributed by atoms with Crippen molar-refractivity contribution in [3.05, 3.63) is 84.9 Å². The Bertz CT molecular complexity index is 1430. The van der Waals surface area contributed by atoms with E-state index in [1.807, 2.05) is 36.4 Å². The van der Waals surface area contributed by atoms with Crippen molar-refractivity contribution in [3.63, 3.8) is 0 Å². The fraction of sp³-hybridized carbons (Fsp3) is 0. The van der Waals surface area contributed by atoms with Crippen molar-refractivity contribution in [3.8, 4) is 11.1 Å². The van der Waals surface area contributed by atoms with E-state index in [1.54, 1.807) is 0 Å². The van der Waals surface area contributed by atoms with Crippen LogP contribution in [0.4, 0.5) is 0 Å². The van der Waals surface area contributed by atoms with E-state index in [-0.39, 0.29) is 0 Å². The van der Waals surface area contributed by atoms with Crippen LogP contribution < -0.4 is 0 Å². The van der Waals surface area contributed by atoms with Gasteiger partial charge in [-0.25, -0.2) is 0 Å². The molecule has 4 aromatic carbocycles. The van der Waals surface area contributed by atoms with Crippen LogP contribution in [-0.2, 0) is 0 Å². The first-order valence-electron chi connectivity index (χ1n) is 8.70. The van der Waals surface area contributed by atoms with Gasteiger partial charge in [0.25, 0.3) is 0 Å². The molecule has 0 fully saturated rings. The van der Waals surface area contributed by atoms with Gasteiger partial charge in [0.15, 0.2) is 0 Å². The second kappa shape index (κ2) is 4.99. The van der Waals surface area contributed by atoms with Gasteiger partial charge in [0.05, 0.1) is 0 Å². The Morgan fingerprint density at radius 2 is 1.12 bits per heavy atom. The molecule has 2 aromatic heterocycles. The van der Waals surface area contributed by atoms with E-state index in [0.717, 1.165) is 43.9 Å². The molecular formula is C24H14O2. The summed E-state index contributed by atoms with van der Waals surface area (Å²) in [5.74, 6) is 0. The lowest BCUT2D eigenvalue weighted by molar-refractivity contribution is 0.669. The topological polar surface area (TPSA) is 26.3 Å². The molecule has 2 heterocycles. The quantitative estimate of drug-likeness (QED) is 0.319.